The van der Waals surface area contributed by atoms with Gasteiger partial charge in [0.1, 0.15) is 11.6 Å². The lowest BCUT2D eigenvalue weighted by Crippen LogP contribution is -2.50. The largest absolute Gasteiger partial charge is 0.340 e. The molecule has 1 aromatic carbocycles. The van der Waals surface area contributed by atoms with Gasteiger partial charge in [0.2, 0.25) is 11.8 Å². The van der Waals surface area contributed by atoms with Crippen LogP contribution < -0.4 is 0 Å². The number of benzene rings is 1. The summed E-state index contributed by atoms with van der Waals surface area (Å²) in [6.07, 6.45) is 1.53. The van der Waals surface area contributed by atoms with Gasteiger partial charge in [-0.15, -0.1) is 0 Å². The van der Waals surface area contributed by atoms with Crippen LogP contribution in [-0.4, -0.2) is 45.5 Å². The second-order valence-corrected chi connectivity index (χ2v) is 6.30. The van der Waals surface area contributed by atoms with Crippen LogP contribution in [0.1, 0.15) is 30.1 Å². The van der Waals surface area contributed by atoms with Crippen LogP contribution in [0.15, 0.2) is 22.7 Å². The highest BCUT2D eigenvalue weighted by Gasteiger charge is 2.32. The zero-order chi connectivity index (χ0) is 18.0. The lowest BCUT2D eigenvalue weighted by Gasteiger charge is -2.36. The molecule has 1 unspecified atom stereocenters. The van der Waals surface area contributed by atoms with Gasteiger partial charge in [0.25, 0.3) is 0 Å². The molecule has 0 bridgehead atoms. The lowest BCUT2D eigenvalue weighted by molar-refractivity contribution is -0.140. The van der Waals surface area contributed by atoms with Crippen LogP contribution in [0.4, 0.5) is 8.78 Å². The number of aryl methyl sites for hydroxylation is 1. The van der Waals surface area contributed by atoms with Gasteiger partial charge in [-0.3, -0.25) is 9.69 Å². The maximum absolute atomic E-state index is 13.9. The van der Waals surface area contributed by atoms with E-state index >= 15 is 0 Å². The van der Waals surface area contributed by atoms with Gasteiger partial charge < -0.3 is 9.42 Å². The van der Waals surface area contributed by atoms with E-state index in [1.165, 1.54) is 12.1 Å². The highest BCUT2D eigenvalue weighted by molar-refractivity contribution is 5.82. The van der Waals surface area contributed by atoms with Crippen LogP contribution in [-0.2, 0) is 17.9 Å². The number of halogens is 2. The minimum atomic E-state index is -0.634. The van der Waals surface area contributed by atoms with E-state index in [1.807, 2.05) is 11.9 Å². The summed E-state index contributed by atoms with van der Waals surface area (Å²) >= 11 is 0. The molecule has 0 N–H and O–H groups in total. The Morgan fingerprint density at radius 2 is 2.20 bits per heavy atom. The Morgan fingerprint density at radius 1 is 1.40 bits per heavy atom. The topological polar surface area (TPSA) is 62.5 Å². The minimum absolute atomic E-state index is 0.0716. The molecule has 6 nitrogen and oxygen atoms in total. The third-order valence-electron chi connectivity index (χ3n) is 4.37. The Labute approximate surface area is 144 Å². The first-order valence-corrected chi connectivity index (χ1v) is 8.16. The van der Waals surface area contributed by atoms with Gasteiger partial charge in [-0.25, -0.2) is 8.78 Å². The number of nitrogens with zero attached hydrogens (tertiary/aromatic N) is 4. The van der Waals surface area contributed by atoms with E-state index in [1.54, 1.807) is 11.8 Å². The molecule has 2 heterocycles. The first-order valence-electron chi connectivity index (χ1n) is 8.16. The fourth-order valence-electron chi connectivity index (χ4n) is 3.08. The van der Waals surface area contributed by atoms with Crippen LogP contribution in [0.2, 0.25) is 0 Å². The Kier molecular flexibility index (Phi) is 5.08. The Hall–Kier alpha value is -2.35. The van der Waals surface area contributed by atoms with E-state index < -0.39 is 11.6 Å². The van der Waals surface area contributed by atoms with Crippen molar-refractivity contribution in [2.45, 2.75) is 38.9 Å². The van der Waals surface area contributed by atoms with Crippen LogP contribution in [0.25, 0.3) is 0 Å². The van der Waals surface area contributed by atoms with Crippen LogP contribution in [0, 0.1) is 18.6 Å². The third-order valence-corrected chi connectivity index (χ3v) is 4.37. The third kappa shape index (κ3) is 4.01. The van der Waals surface area contributed by atoms with Crippen molar-refractivity contribution in [3.05, 3.63) is 47.1 Å². The SMILES string of the molecule is Cc1nc(CN(C)C2CCCN(Cc3ccc(F)cc3F)C2=O)no1. The minimum Gasteiger partial charge on any atom is -0.340 e. The molecule has 2 aromatic rings. The van der Waals surface area contributed by atoms with Gasteiger partial charge in [-0.1, -0.05) is 11.2 Å². The zero-order valence-corrected chi connectivity index (χ0v) is 14.2. The predicted octanol–water partition coefficient (Wildman–Crippen LogP) is 2.28. The summed E-state index contributed by atoms with van der Waals surface area (Å²) in [4.78, 5) is 20.4. The fourth-order valence-corrected chi connectivity index (χ4v) is 3.08. The Morgan fingerprint density at radius 3 is 2.88 bits per heavy atom. The Bertz CT molecular complexity index is 765. The molecule has 1 atom stereocenters. The summed E-state index contributed by atoms with van der Waals surface area (Å²) in [5.41, 5.74) is 0.312. The molecule has 1 amide bonds. The van der Waals surface area contributed by atoms with Crippen molar-refractivity contribution >= 4 is 5.91 Å². The summed E-state index contributed by atoms with van der Waals surface area (Å²) in [5, 5.41) is 3.84. The van der Waals surface area contributed by atoms with Crippen molar-refractivity contribution in [3.63, 3.8) is 0 Å². The van der Waals surface area contributed by atoms with Crippen molar-refractivity contribution < 1.29 is 18.1 Å². The molecule has 1 aliphatic rings. The van der Waals surface area contributed by atoms with Crippen molar-refractivity contribution in [1.82, 2.24) is 19.9 Å². The number of amides is 1. The first-order chi connectivity index (χ1) is 11.9. The average molecular weight is 350 g/mol. The number of hydrogen-bond acceptors (Lipinski definition) is 5. The summed E-state index contributed by atoms with van der Waals surface area (Å²) in [7, 11) is 1.83. The fraction of sp³-hybridized carbons (Fsp3) is 0.471. The van der Waals surface area contributed by atoms with Gasteiger partial charge in [-0.05, 0) is 26.0 Å². The Balaban J connectivity index is 1.67. The molecular weight excluding hydrogens is 330 g/mol. The first kappa shape index (κ1) is 17.5. The molecule has 1 saturated heterocycles. The number of hydrogen-bond donors (Lipinski definition) is 0. The van der Waals surface area contributed by atoms with Crippen molar-refractivity contribution in [3.8, 4) is 0 Å². The highest BCUT2D eigenvalue weighted by Crippen LogP contribution is 2.21. The number of rotatable bonds is 5. The van der Waals surface area contributed by atoms with E-state index in [4.69, 9.17) is 4.52 Å². The summed E-state index contributed by atoms with van der Waals surface area (Å²) in [5.74, 6) is -0.330. The molecule has 0 aliphatic carbocycles. The van der Waals surface area contributed by atoms with Crippen molar-refractivity contribution in [2.75, 3.05) is 13.6 Å². The molecule has 1 aliphatic heterocycles. The summed E-state index contributed by atoms with van der Waals surface area (Å²) < 4.78 is 31.8. The monoisotopic (exact) mass is 350 g/mol. The molecular formula is C17H20F2N4O2. The van der Waals surface area contributed by atoms with E-state index in [0.717, 1.165) is 12.5 Å². The van der Waals surface area contributed by atoms with Gasteiger partial charge in [0.05, 0.1) is 12.6 Å². The molecule has 134 valence electrons. The molecule has 3 rings (SSSR count). The normalized spacial score (nSPS) is 18.2. The summed E-state index contributed by atoms with van der Waals surface area (Å²) in [6, 6.07) is 3.10. The van der Waals surface area contributed by atoms with E-state index in [9.17, 15) is 13.6 Å². The van der Waals surface area contributed by atoms with Crippen molar-refractivity contribution in [1.29, 1.82) is 0 Å². The van der Waals surface area contributed by atoms with Gasteiger partial charge in [0, 0.05) is 31.6 Å². The molecule has 1 aromatic heterocycles. The van der Waals surface area contributed by atoms with Crippen molar-refractivity contribution in [2.24, 2.45) is 0 Å². The number of aromatic nitrogens is 2. The van der Waals surface area contributed by atoms with Crippen LogP contribution in [0.5, 0.6) is 0 Å². The number of likely N-dealkylation sites (N-methyl/N-ethyl adjacent to an activating group) is 1. The number of likely N-dealkylation sites (tertiary alicyclic amines) is 1. The smallest absolute Gasteiger partial charge is 0.240 e. The van der Waals surface area contributed by atoms with E-state index in [2.05, 4.69) is 10.1 Å². The number of carbonyl (C=O) groups excluding carboxylic acids is 1. The maximum atomic E-state index is 13.9. The van der Waals surface area contributed by atoms with E-state index in [-0.39, 0.29) is 18.5 Å². The van der Waals surface area contributed by atoms with Gasteiger partial charge in [0.15, 0.2) is 5.82 Å². The van der Waals surface area contributed by atoms with E-state index in [0.29, 0.717) is 36.8 Å². The molecule has 0 saturated carbocycles. The second kappa shape index (κ2) is 7.26. The molecule has 25 heavy (non-hydrogen) atoms. The highest BCUT2D eigenvalue weighted by atomic mass is 19.1. The molecule has 0 radical (unpaired) electrons. The molecule has 8 heteroatoms. The van der Waals surface area contributed by atoms with Crippen LogP contribution >= 0.6 is 0 Å². The van der Waals surface area contributed by atoms with Gasteiger partial charge in [-0.2, -0.15) is 4.98 Å². The van der Waals surface area contributed by atoms with Crippen LogP contribution in [0.3, 0.4) is 0 Å². The van der Waals surface area contributed by atoms with Gasteiger partial charge >= 0.3 is 0 Å². The lowest BCUT2D eigenvalue weighted by atomic mass is 10.0. The second-order valence-electron chi connectivity index (χ2n) is 6.30. The average Bonchev–Trinajstić information content (AvgIpc) is 2.96. The predicted molar refractivity (Wildman–Crippen MR) is 85.3 cm³/mol. The number of piperidine rings is 1. The standard InChI is InChI=1S/C17H20F2N4O2/c1-11-20-16(21-25-11)10-22(2)15-4-3-7-23(17(15)24)9-12-5-6-13(18)8-14(12)19/h5-6,8,15H,3-4,7,9-10H2,1-2H3. The number of carbonyl (C=O) groups is 1. The molecule has 0 spiro atoms. The summed E-state index contributed by atoms with van der Waals surface area (Å²) in [6.45, 7) is 2.80. The quantitative estimate of drug-likeness (QED) is 0.828. The molecule has 1 fully saturated rings. The maximum Gasteiger partial charge on any atom is 0.240 e. The zero-order valence-electron chi connectivity index (χ0n) is 14.2.